The molecule has 1 saturated heterocycles. The lowest BCUT2D eigenvalue weighted by atomic mass is 9.98. The van der Waals surface area contributed by atoms with Crippen molar-refractivity contribution < 1.29 is 9.47 Å². The molecule has 2 atom stereocenters. The Bertz CT molecular complexity index is 1330. The van der Waals surface area contributed by atoms with Crippen LogP contribution in [0.3, 0.4) is 0 Å². The zero-order valence-corrected chi connectivity index (χ0v) is 19.4. The molecule has 8 nitrogen and oxygen atoms in total. The summed E-state index contributed by atoms with van der Waals surface area (Å²) in [5.74, 6) is 2.74. The van der Waals surface area contributed by atoms with E-state index in [0.29, 0.717) is 18.3 Å². The van der Waals surface area contributed by atoms with Gasteiger partial charge in [0.15, 0.2) is 0 Å². The third-order valence-electron chi connectivity index (χ3n) is 7.21. The van der Waals surface area contributed by atoms with Gasteiger partial charge in [-0.15, -0.1) is 0 Å². The molecule has 2 aliphatic rings. The molecule has 8 heteroatoms. The molecule has 1 aliphatic heterocycles. The molecule has 0 bridgehead atoms. The normalized spacial score (nSPS) is 21.0. The fourth-order valence-corrected chi connectivity index (χ4v) is 5.43. The van der Waals surface area contributed by atoms with Crippen molar-refractivity contribution in [2.45, 2.75) is 56.8 Å². The number of nitrogens with zero attached hydrogens (tertiary/aromatic N) is 4. The summed E-state index contributed by atoms with van der Waals surface area (Å²) in [5.41, 5.74) is 9.36. The van der Waals surface area contributed by atoms with Crippen LogP contribution in [0.25, 0.3) is 21.9 Å². The van der Waals surface area contributed by atoms with Gasteiger partial charge in [-0.3, -0.25) is 0 Å². The summed E-state index contributed by atoms with van der Waals surface area (Å²) in [6, 6.07) is 10.0. The summed E-state index contributed by atoms with van der Waals surface area (Å²) in [4.78, 5) is 13.5. The summed E-state index contributed by atoms with van der Waals surface area (Å²) >= 11 is 0. The summed E-state index contributed by atoms with van der Waals surface area (Å²) in [7, 11) is 1.87. The first-order valence-electron chi connectivity index (χ1n) is 12.2. The molecule has 0 amide bonds. The fraction of sp³-hybridized carbons (Fsp3) is 0.423. The van der Waals surface area contributed by atoms with Crippen molar-refractivity contribution in [2.24, 2.45) is 0 Å². The first kappa shape index (κ1) is 21.2. The number of pyridine rings is 1. The number of fused-ring (bicyclic) bond motifs is 2. The van der Waals surface area contributed by atoms with Gasteiger partial charge in [-0.25, -0.2) is 15.0 Å². The number of hydrogen-bond acceptors (Lipinski definition) is 7. The van der Waals surface area contributed by atoms with Crippen LogP contribution in [0, 0.1) is 0 Å². The maximum absolute atomic E-state index is 6.43. The number of ether oxygens (including phenoxy) is 2. The van der Waals surface area contributed by atoms with Crippen molar-refractivity contribution in [3.63, 3.8) is 0 Å². The first-order chi connectivity index (χ1) is 16.7. The lowest BCUT2D eigenvalue weighted by Crippen LogP contribution is -2.18. The van der Waals surface area contributed by atoms with Crippen LogP contribution in [0.15, 0.2) is 42.9 Å². The maximum Gasteiger partial charge on any atom is 0.147 e. The van der Waals surface area contributed by atoms with Crippen LogP contribution in [0.2, 0.25) is 0 Å². The number of rotatable bonds is 6. The van der Waals surface area contributed by atoms with Crippen molar-refractivity contribution in [1.82, 2.24) is 19.5 Å². The molecule has 4 heterocycles. The van der Waals surface area contributed by atoms with Gasteiger partial charge in [-0.2, -0.15) is 0 Å². The van der Waals surface area contributed by atoms with E-state index in [1.54, 1.807) is 6.33 Å². The van der Waals surface area contributed by atoms with E-state index in [2.05, 4.69) is 37.1 Å². The number of nitrogens with two attached hydrogens (primary N) is 1. The third kappa shape index (κ3) is 3.81. The summed E-state index contributed by atoms with van der Waals surface area (Å²) < 4.78 is 14.7. The Balaban J connectivity index is 1.18. The van der Waals surface area contributed by atoms with Crippen LogP contribution in [0.1, 0.15) is 56.2 Å². The molecule has 1 aromatic carbocycles. The predicted molar refractivity (Wildman–Crippen MR) is 133 cm³/mol. The largest absolute Gasteiger partial charge is 0.491 e. The molecule has 3 aromatic heterocycles. The monoisotopic (exact) mass is 458 g/mol. The number of aromatic nitrogens is 4. The molecule has 4 aromatic rings. The number of benzene rings is 1. The minimum absolute atomic E-state index is 0.0175. The molecule has 0 radical (unpaired) electrons. The maximum atomic E-state index is 6.43. The van der Waals surface area contributed by atoms with E-state index in [1.807, 2.05) is 31.3 Å². The third-order valence-corrected chi connectivity index (χ3v) is 7.21. The average Bonchev–Trinajstić information content (AvgIpc) is 3.62. The van der Waals surface area contributed by atoms with Gasteiger partial charge in [-0.05, 0) is 61.4 Å². The van der Waals surface area contributed by atoms with Gasteiger partial charge in [0.25, 0.3) is 0 Å². The molecule has 1 aliphatic carbocycles. The van der Waals surface area contributed by atoms with Crippen molar-refractivity contribution >= 4 is 33.6 Å². The van der Waals surface area contributed by atoms with Crippen LogP contribution < -0.4 is 15.8 Å². The van der Waals surface area contributed by atoms with E-state index in [0.717, 1.165) is 46.3 Å². The van der Waals surface area contributed by atoms with Gasteiger partial charge < -0.3 is 25.1 Å². The quantitative estimate of drug-likeness (QED) is 0.418. The van der Waals surface area contributed by atoms with E-state index in [-0.39, 0.29) is 12.3 Å². The molecule has 6 rings (SSSR count). The van der Waals surface area contributed by atoms with E-state index >= 15 is 0 Å². The van der Waals surface area contributed by atoms with Crippen molar-refractivity contribution in [2.75, 3.05) is 24.7 Å². The lowest BCUT2D eigenvalue weighted by molar-refractivity contribution is -0.0156. The van der Waals surface area contributed by atoms with E-state index in [1.165, 1.54) is 31.2 Å². The van der Waals surface area contributed by atoms with E-state index < -0.39 is 0 Å². The SMILES string of the molecule is CNc1ccc2ccc(OCC3CCC(n4cc(C5CCCC5)c5c(N)ncnc54)O3)cc2n1. The molecule has 2 fully saturated rings. The second kappa shape index (κ2) is 8.76. The molecule has 1 saturated carbocycles. The zero-order chi connectivity index (χ0) is 23.1. The Morgan fingerprint density at radius 1 is 1.12 bits per heavy atom. The predicted octanol–water partition coefficient (Wildman–Crippen LogP) is 5.02. The van der Waals surface area contributed by atoms with Crippen molar-refractivity contribution in [1.29, 1.82) is 0 Å². The molecule has 34 heavy (non-hydrogen) atoms. The summed E-state index contributed by atoms with van der Waals surface area (Å²) in [6.45, 7) is 0.500. The Hall–Kier alpha value is -3.39. The van der Waals surface area contributed by atoms with Gasteiger partial charge in [-0.1, -0.05) is 12.8 Å². The highest BCUT2D eigenvalue weighted by atomic mass is 16.6. The van der Waals surface area contributed by atoms with E-state index in [9.17, 15) is 0 Å². The van der Waals surface area contributed by atoms with Crippen LogP contribution >= 0.6 is 0 Å². The lowest BCUT2D eigenvalue weighted by Gasteiger charge is -2.17. The molecule has 0 spiro atoms. The number of nitrogen functional groups attached to an aromatic ring is 1. The van der Waals surface area contributed by atoms with Crippen LogP contribution in [0.4, 0.5) is 11.6 Å². The summed E-state index contributed by atoms with van der Waals surface area (Å²) in [6.07, 6.45) is 10.5. The minimum atomic E-state index is -0.0722. The molecule has 3 N–H and O–H groups in total. The van der Waals surface area contributed by atoms with Crippen LogP contribution in [0.5, 0.6) is 5.75 Å². The van der Waals surface area contributed by atoms with Crippen molar-refractivity contribution in [3.8, 4) is 5.75 Å². The smallest absolute Gasteiger partial charge is 0.147 e. The highest BCUT2D eigenvalue weighted by molar-refractivity contribution is 5.90. The molecular formula is C26H30N6O2. The Labute approximate surface area is 198 Å². The van der Waals surface area contributed by atoms with Crippen LogP contribution in [-0.2, 0) is 4.74 Å². The highest BCUT2D eigenvalue weighted by Crippen LogP contribution is 2.42. The van der Waals surface area contributed by atoms with E-state index in [4.69, 9.17) is 15.2 Å². The Kier molecular flexibility index (Phi) is 5.45. The minimum Gasteiger partial charge on any atom is -0.491 e. The first-order valence-corrected chi connectivity index (χ1v) is 12.2. The van der Waals surface area contributed by atoms with Gasteiger partial charge in [0.05, 0.1) is 17.0 Å². The average molecular weight is 459 g/mol. The van der Waals surface area contributed by atoms with Gasteiger partial charge in [0.2, 0.25) is 0 Å². The molecule has 2 unspecified atom stereocenters. The van der Waals surface area contributed by atoms with Gasteiger partial charge in [0, 0.05) is 24.7 Å². The van der Waals surface area contributed by atoms with Crippen molar-refractivity contribution in [3.05, 3.63) is 48.4 Å². The van der Waals surface area contributed by atoms with Gasteiger partial charge in [0.1, 0.15) is 42.2 Å². The number of anilines is 2. The summed E-state index contributed by atoms with van der Waals surface area (Å²) in [5, 5.41) is 5.17. The van der Waals surface area contributed by atoms with Gasteiger partial charge >= 0.3 is 0 Å². The number of hydrogen-bond donors (Lipinski definition) is 2. The fourth-order valence-electron chi connectivity index (χ4n) is 5.43. The number of nitrogens with one attached hydrogen (secondary N) is 1. The standard InChI is InChI=1S/C26H30N6O2/c1-28-22-10-7-17-6-8-18(12-21(17)31-22)33-14-19-9-11-23(34-19)32-13-20(16-4-2-3-5-16)24-25(27)29-15-30-26(24)32/h6-8,10,12-13,15-16,19,23H,2-5,9,11,14H2,1H3,(H,28,31)(H2,27,29,30). The second-order valence-electron chi connectivity index (χ2n) is 9.33. The second-order valence-corrected chi connectivity index (χ2v) is 9.33. The zero-order valence-electron chi connectivity index (χ0n) is 19.4. The molecule has 176 valence electrons. The Morgan fingerprint density at radius 2 is 1.97 bits per heavy atom. The Morgan fingerprint density at radius 3 is 2.82 bits per heavy atom. The highest BCUT2D eigenvalue weighted by Gasteiger charge is 2.31. The molecular weight excluding hydrogens is 428 g/mol. The topological polar surface area (TPSA) is 100 Å². The van der Waals surface area contributed by atoms with Crippen LogP contribution in [-0.4, -0.2) is 39.3 Å².